The van der Waals surface area contributed by atoms with E-state index >= 15 is 0 Å². The summed E-state index contributed by atoms with van der Waals surface area (Å²) < 4.78 is 50.0. The lowest BCUT2D eigenvalue weighted by Crippen LogP contribution is -2.28. The molecule has 0 spiro atoms. The van der Waals surface area contributed by atoms with Crippen LogP contribution in [0, 0.1) is 0 Å². The average Bonchev–Trinajstić information content (AvgIpc) is 3.31. The normalized spacial score (nSPS) is 15.8. The van der Waals surface area contributed by atoms with Gasteiger partial charge in [0.25, 0.3) is 0 Å². The first-order chi connectivity index (χ1) is 13.4. The van der Waals surface area contributed by atoms with E-state index in [9.17, 15) is 18.0 Å². The highest BCUT2D eigenvalue weighted by Gasteiger charge is 2.64. The maximum atomic E-state index is 13.2. The number of halogens is 3. The first-order valence-electron chi connectivity index (χ1n) is 9.28. The highest BCUT2D eigenvalue weighted by atomic mass is 19.4. The first kappa shape index (κ1) is 21.1. The molecule has 8 heteroatoms. The van der Waals surface area contributed by atoms with Crippen LogP contribution in [-0.4, -0.2) is 27.9 Å². The third-order valence-electron chi connectivity index (χ3n) is 4.72. The number of benzene rings is 1. The number of hydrogen-bond donors (Lipinski definition) is 0. The van der Waals surface area contributed by atoms with Crippen LogP contribution in [0.3, 0.4) is 0 Å². The Kier molecular flexibility index (Phi) is 5.32. The standard InChI is InChI=1S/C21H23F3N2O3/c1-13(18(27)28-19(2,3)4)11-17-25-16(26-29-17)12-14-5-7-15(8-6-14)20(9-10-20)21(22,23)24/h5-8H,1,9-12H2,2-4H3. The van der Waals surface area contributed by atoms with Gasteiger partial charge in [-0.25, -0.2) is 4.79 Å². The van der Waals surface area contributed by atoms with Gasteiger partial charge in [0.1, 0.15) is 5.60 Å². The molecule has 0 amide bonds. The zero-order valence-corrected chi connectivity index (χ0v) is 16.6. The Morgan fingerprint density at radius 2 is 1.83 bits per heavy atom. The minimum absolute atomic E-state index is 0.0644. The highest BCUT2D eigenvalue weighted by molar-refractivity contribution is 5.88. The topological polar surface area (TPSA) is 65.2 Å². The quantitative estimate of drug-likeness (QED) is 0.512. The monoisotopic (exact) mass is 408 g/mol. The van der Waals surface area contributed by atoms with Crippen LogP contribution in [0.1, 0.15) is 56.5 Å². The van der Waals surface area contributed by atoms with Gasteiger partial charge in [-0.05, 0) is 44.7 Å². The van der Waals surface area contributed by atoms with Crippen LogP contribution in [0.5, 0.6) is 0 Å². The van der Waals surface area contributed by atoms with E-state index < -0.39 is 23.2 Å². The van der Waals surface area contributed by atoms with Crippen molar-refractivity contribution in [2.75, 3.05) is 0 Å². The third kappa shape index (κ3) is 4.86. The summed E-state index contributed by atoms with van der Waals surface area (Å²) in [4.78, 5) is 16.2. The summed E-state index contributed by atoms with van der Waals surface area (Å²) in [6.07, 6.45) is -3.60. The fourth-order valence-corrected chi connectivity index (χ4v) is 3.02. The minimum Gasteiger partial charge on any atom is -0.457 e. The lowest BCUT2D eigenvalue weighted by molar-refractivity contribution is -0.160. The SMILES string of the molecule is C=C(Cc1nc(Cc2ccc(C3(C(F)(F)F)CC3)cc2)no1)C(=O)OC(C)(C)C. The molecule has 5 nitrogen and oxygen atoms in total. The van der Waals surface area contributed by atoms with Crippen molar-refractivity contribution >= 4 is 5.97 Å². The number of carbonyl (C=O) groups is 1. The molecule has 1 saturated carbocycles. The summed E-state index contributed by atoms with van der Waals surface area (Å²) in [5, 5.41) is 3.86. The van der Waals surface area contributed by atoms with Crippen molar-refractivity contribution in [1.29, 1.82) is 0 Å². The molecule has 0 saturated heterocycles. The van der Waals surface area contributed by atoms with Crippen LogP contribution in [-0.2, 0) is 27.8 Å². The minimum atomic E-state index is -4.23. The summed E-state index contributed by atoms with van der Waals surface area (Å²) in [5.74, 6) is 0.0645. The van der Waals surface area contributed by atoms with Gasteiger partial charge in [-0.2, -0.15) is 18.2 Å². The van der Waals surface area contributed by atoms with E-state index in [1.165, 1.54) is 12.1 Å². The number of ether oxygens (including phenoxy) is 1. The molecule has 0 N–H and O–H groups in total. The molecule has 0 bridgehead atoms. The Morgan fingerprint density at radius 1 is 1.21 bits per heavy atom. The molecule has 3 rings (SSSR count). The zero-order chi connectivity index (χ0) is 21.4. The van der Waals surface area contributed by atoms with E-state index in [2.05, 4.69) is 16.7 Å². The van der Waals surface area contributed by atoms with Crippen molar-refractivity contribution in [3.63, 3.8) is 0 Å². The second-order valence-corrected chi connectivity index (χ2v) is 8.34. The number of aromatic nitrogens is 2. The number of alkyl halides is 3. The number of hydrogen-bond acceptors (Lipinski definition) is 5. The van der Waals surface area contributed by atoms with Crippen molar-refractivity contribution in [2.45, 2.75) is 63.6 Å². The zero-order valence-electron chi connectivity index (χ0n) is 16.6. The Bertz CT molecular complexity index is 904. The molecule has 0 aliphatic heterocycles. The molecule has 1 heterocycles. The molecule has 156 valence electrons. The molecule has 2 aromatic rings. The second kappa shape index (κ2) is 7.31. The average molecular weight is 408 g/mol. The van der Waals surface area contributed by atoms with Gasteiger partial charge in [0.15, 0.2) is 5.82 Å². The number of carbonyl (C=O) groups excluding carboxylic acids is 1. The third-order valence-corrected chi connectivity index (χ3v) is 4.72. The number of rotatable bonds is 6. The fraction of sp³-hybridized carbons (Fsp3) is 0.476. The van der Waals surface area contributed by atoms with E-state index in [0.29, 0.717) is 12.2 Å². The van der Waals surface area contributed by atoms with Crippen LogP contribution in [0.4, 0.5) is 13.2 Å². The molecule has 1 fully saturated rings. The van der Waals surface area contributed by atoms with Gasteiger partial charge < -0.3 is 9.26 Å². The van der Waals surface area contributed by atoms with Gasteiger partial charge in [-0.1, -0.05) is 36.0 Å². The molecule has 1 aromatic carbocycles. The first-order valence-corrected chi connectivity index (χ1v) is 9.28. The molecule has 0 radical (unpaired) electrons. The molecule has 0 unspecified atom stereocenters. The van der Waals surface area contributed by atoms with Crippen molar-refractivity contribution < 1.29 is 27.2 Å². The van der Waals surface area contributed by atoms with Crippen LogP contribution in [0.15, 0.2) is 40.9 Å². The maximum Gasteiger partial charge on any atom is 0.398 e. The van der Waals surface area contributed by atoms with Crippen LogP contribution < -0.4 is 0 Å². The smallest absolute Gasteiger partial charge is 0.398 e. The lowest BCUT2D eigenvalue weighted by atomic mass is 9.94. The van der Waals surface area contributed by atoms with E-state index in [-0.39, 0.29) is 36.3 Å². The largest absolute Gasteiger partial charge is 0.457 e. The van der Waals surface area contributed by atoms with Gasteiger partial charge in [0.05, 0.1) is 11.8 Å². The van der Waals surface area contributed by atoms with Gasteiger partial charge in [0, 0.05) is 12.0 Å². The molecule has 1 aromatic heterocycles. The van der Waals surface area contributed by atoms with E-state index in [1.807, 2.05) is 0 Å². The molecular formula is C21H23F3N2O3. The maximum absolute atomic E-state index is 13.2. The van der Waals surface area contributed by atoms with Gasteiger partial charge in [-0.3, -0.25) is 0 Å². The molecule has 0 atom stereocenters. The summed E-state index contributed by atoms with van der Waals surface area (Å²) in [6, 6.07) is 6.33. The van der Waals surface area contributed by atoms with Gasteiger partial charge in [-0.15, -0.1) is 0 Å². The van der Waals surface area contributed by atoms with Crippen molar-refractivity contribution in [3.8, 4) is 0 Å². The number of esters is 1. The van der Waals surface area contributed by atoms with E-state index in [4.69, 9.17) is 9.26 Å². The lowest BCUT2D eigenvalue weighted by Gasteiger charge is -2.19. The van der Waals surface area contributed by atoms with E-state index in [0.717, 1.165) is 5.56 Å². The Hall–Kier alpha value is -2.64. The molecule has 1 aliphatic rings. The van der Waals surface area contributed by atoms with E-state index in [1.54, 1.807) is 32.9 Å². The summed E-state index contributed by atoms with van der Waals surface area (Å²) in [7, 11) is 0. The molecule has 29 heavy (non-hydrogen) atoms. The predicted octanol–water partition coefficient (Wildman–Crippen LogP) is 4.69. The van der Waals surface area contributed by atoms with Crippen LogP contribution >= 0.6 is 0 Å². The van der Waals surface area contributed by atoms with Crippen molar-refractivity contribution in [3.05, 3.63) is 59.3 Å². The Balaban J connectivity index is 1.61. The van der Waals surface area contributed by atoms with Gasteiger partial charge in [0.2, 0.25) is 5.89 Å². The molecule has 1 aliphatic carbocycles. The molecular weight excluding hydrogens is 385 g/mol. The van der Waals surface area contributed by atoms with Crippen LogP contribution in [0.2, 0.25) is 0 Å². The van der Waals surface area contributed by atoms with Gasteiger partial charge >= 0.3 is 12.1 Å². The summed E-state index contributed by atoms with van der Waals surface area (Å²) in [6.45, 7) is 8.97. The Labute approximate surface area is 166 Å². The Morgan fingerprint density at radius 3 is 2.34 bits per heavy atom. The predicted molar refractivity (Wildman–Crippen MR) is 99.2 cm³/mol. The van der Waals surface area contributed by atoms with Crippen LogP contribution in [0.25, 0.3) is 0 Å². The van der Waals surface area contributed by atoms with Crippen molar-refractivity contribution in [1.82, 2.24) is 10.1 Å². The summed E-state index contributed by atoms with van der Waals surface area (Å²) in [5.41, 5.74) is -1.06. The van der Waals surface area contributed by atoms with Crippen molar-refractivity contribution in [2.24, 2.45) is 0 Å². The highest BCUT2D eigenvalue weighted by Crippen LogP contribution is 2.58. The number of nitrogens with zero attached hydrogens (tertiary/aromatic N) is 2. The fourth-order valence-electron chi connectivity index (χ4n) is 3.02. The summed E-state index contributed by atoms with van der Waals surface area (Å²) >= 11 is 0. The second-order valence-electron chi connectivity index (χ2n) is 8.34.